The van der Waals surface area contributed by atoms with Crippen LogP contribution in [-0.4, -0.2) is 45.9 Å². The van der Waals surface area contributed by atoms with Crippen LogP contribution in [0.1, 0.15) is 0 Å². The molecule has 0 heterocycles. The first-order valence-electron chi connectivity index (χ1n) is 5.60. The fraction of sp³-hybridized carbons (Fsp3) is 0.273. The fourth-order valence-electron chi connectivity index (χ4n) is 1.55. The Labute approximate surface area is 126 Å². The molecule has 0 saturated carbocycles. The minimum Gasteiger partial charge on any atom is -0.395 e. The van der Waals surface area contributed by atoms with Crippen LogP contribution in [0.3, 0.4) is 0 Å². The highest BCUT2D eigenvalue weighted by molar-refractivity contribution is 8.13. The third-order valence-electron chi connectivity index (χ3n) is 2.48. The van der Waals surface area contributed by atoms with Gasteiger partial charge in [0.15, 0.2) is 0 Å². The van der Waals surface area contributed by atoms with Gasteiger partial charge in [-0.3, -0.25) is 0 Å². The predicted octanol–water partition coefficient (Wildman–Crippen LogP) is 0.922. The van der Waals surface area contributed by atoms with Crippen LogP contribution >= 0.6 is 10.7 Å². The van der Waals surface area contributed by atoms with Gasteiger partial charge in [0.05, 0.1) is 11.5 Å². The second kappa shape index (κ2) is 6.84. The molecule has 0 aliphatic carbocycles. The second-order valence-corrected chi connectivity index (χ2v) is 8.38. The van der Waals surface area contributed by atoms with Crippen LogP contribution in [0.25, 0.3) is 0 Å². The molecule has 0 atom stereocenters. The summed E-state index contributed by atoms with van der Waals surface area (Å²) in [6.07, 6.45) is 1.28. The lowest BCUT2D eigenvalue weighted by molar-refractivity contribution is 0.260. The minimum atomic E-state index is -4.23. The van der Waals surface area contributed by atoms with E-state index in [-0.39, 0.29) is 13.1 Å². The van der Waals surface area contributed by atoms with Crippen molar-refractivity contribution in [3.05, 3.63) is 36.7 Å². The summed E-state index contributed by atoms with van der Waals surface area (Å²) in [5.74, 6) is -1.25. The first-order valence-corrected chi connectivity index (χ1v) is 9.35. The van der Waals surface area contributed by atoms with E-state index >= 15 is 0 Å². The molecule has 0 radical (unpaired) electrons. The molecule has 0 bridgehead atoms. The molecule has 0 spiro atoms. The van der Waals surface area contributed by atoms with E-state index in [0.717, 1.165) is 16.4 Å². The van der Waals surface area contributed by atoms with E-state index in [1.807, 2.05) is 0 Å². The molecule has 1 aromatic carbocycles. The molecule has 1 N–H and O–H groups in total. The van der Waals surface area contributed by atoms with Gasteiger partial charge in [0.2, 0.25) is 10.0 Å². The number of rotatable bonds is 7. The van der Waals surface area contributed by atoms with Crippen molar-refractivity contribution in [3.63, 3.8) is 0 Å². The zero-order valence-electron chi connectivity index (χ0n) is 10.7. The third kappa shape index (κ3) is 4.24. The van der Waals surface area contributed by atoms with Crippen LogP contribution in [0.5, 0.6) is 0 Å². The van der Waals surface area contributed by atoms with Crippen LogP contribution in [0.2, 0.25) is 0 Å². The SMILES string of the molecule is C=CCN(CCO)S(=O)(=O)c1ccc(S(=O)(=O)Cl)cc1F. The summed E-state index contributed by atoms with van der Waals surface area (Å²) in [7, 11) is -3.33. The summed E-state index contributed by atoms with van der Waals surface area (Å²) < 4.78 is 61.3. The van der Waals surface area contributed by atoms with Crippen molar-refractivity contribution in [1.82, 2.24) is 4.31 Å². The third-order valence-corrected chi connectivity index (χ3v) is 5.73. The Bertz CT molecular complexity index is 733. The maximum absolute atomic E-state index is 13.9. The van der Waals surface area contributed by atoms with E-state index in [0.29, 0.717) is 6.07 Å². The molecule has 118 valence electrons. The topological polar surface area (TPSA) is 91.8 Å². The average Bonchev–Trinajstić information content (AvgIpc) is 2.37. The highest BCUT2D eigenvalue weighted by atomic mass is 35.7. The van der Waals surface area contributed by atoms with E-state index in [4.69, 9.17) is 15.8 Å². The molecule has 0 saturated heterocycles. The zero-order valence-corrected chi connectivity index (χ0v) is 13.1. The van der Waals surface area contributed by atoms with Crippen molar-refractivity contribution in [2.75, 3.05) is 19.7 Å². The van der Waals surface area contributed by atoms with Crippen LogP contribution in [-0.2, 0) is 19.1 Å². The Morgan fingerprint density at radius 1 is 1.33 bits per heavy atom. The van der Waals surface area contributed by atoms with E-state index in [9.17, 15) is 21.2 Å². The van der Waals surface area contributed by atoms with E-state index < -0.39 is 41.3 Å². The normalized spacial score (nSPS) is 12.6. The molecular formula is C11H13ClFNO5S2. The molecule has 0 amide bonds. The largest absolute Gasteiger partial charge is 0.395 e. The molecule has 0 fully saturated rings. The first-order chi connectivity index (χ1) is 9.64. The van der Waals surface area contributed by atoms with Crippen LogP contribution in [0.4, 0.5) is 4.39 Å². The predicted molar refractivity (Wildman–Crippen MR) is 75.5 cm³/mol. The van der Waals surface area contributed by atoms with Crippen molar-refractivity contribution in [2.45, 2.75) is 9.79 Å². The first kappa shape index (κ1) is 18.1. The van der Waals surface area contributed by atoms with Gasteiger partial charge in [-0.25, -0.2) is 21.2 Å². The number of nitrogens with zero attached hydrogens (tertiary/aromatic N) is 1. The number of aliphatic hydroxyl groups is 1. The standard InChI is InChI=1S/C11H13ClFNO5S2/c1-2-5-14(6-7-15)21(18,19)11-4-3-9(8-10(11)13)20(12,16)17/h2-4,8,15H,1,5-7H2. The quantitative estimate of drug-likeness (QED) is 0.578. The van der Waals surface area contributed by atoms with Gasteiger partial charge in [0, 0.05) is 23.8 Å². The number of halogens is 2. The smallest absolute Gasteiger partial charge is 0.261 e. The summed E-state index contributed by atoms with van der Waals surface area (Å²) in [6, 6.07) is 2.23. The molecule has 0 unspecified atom stereocenters. The van der Waals surface area contributed by atoms with Gasteiger partial charge in [0.1, 0.15) is 10.7 Å². The van der Waals surface area contributed by atoms with E-state index in [1.165, 1.54) is 6.08 Å². The van der Waals surface area contributed by atoms with Crippen molar-refractivity contribution in [1.29, 1.82) is 0 Å². The molecule has 0 aliphatic rings. The van der Waals surface area contributed by atoms with Crippen molar-refractivity contribution in [3.8, 4) is 0 Å². The summed E-state index contributed by atoms with van der Waals surface area (Å²) >= 11 is 0. The van der Waals surface area contributed by atoms with Gasteiger partial charge >= 0.3 is 0 Å². The maximum Gasteiger partial charge on any atom is 0.261 e. The molecule has 1 rings (SSSR count). The summed E-state index contributed by atoms with van der Waals surface area (Å²) in [4.78, 5) is -1.25. The van der Waals surface area contributed by atoms with Crippen LogP contribution < -0.4 is 0 Å². The maximum atomic E-state index is 13.9. The van der Waals surface area contributed by atoms with Crippen molar-refractivity contribution in [2.24, 2.45) is 0 Å². The molecular weight excluding hydrogens is 345 g/mol. The number of aliphatic hydroxyl groups excluding tert-OH is 1. The monoisotopic (exact) mass is 357 g/mol. The Morgan fingerprint density at radius 2 is 1.95 bits per heavy atom. The Hall–Kier alpha value is -1.00. The number of sulfonamides is 1. The Kier molecular flexibility index (Phi) is 5.88. The number of hydrogen-bond acceptors (Lipinski definition) is 5. The number of hydrogen-bond donors (Lipinski definition) is 1. The summed E-state index contributed by atoms with van der Waals surface area (Å²) in [6.45, 7) is 2.55. The molecule has 0 aliphatic heterocycles. The molecule has 21 heavy (non-hydrogen) atoms. The second-order valence-electron chi connectivity index (χ2n) is 3.91. The van der Waals surface area contributed by atoms with Gasteiger partial charge in [-0.05, 0) is 18.2 Å². The molecule has 6 nitrogen and oxygen atoms in total. The summed E-state index contributed by atoms with van der Waals surface area (Å²) in [5.41, 5.74) is 0. The molecule has 0 aromatic heterocycles. The van der Waals surface area contributed by atoms with Gasteiger partial charge in [-0.15, -0.1) is 6.58 Å². The van der Waals surface area contributed by atoms with Crippen LogP contribution in [0, 0.1) is 5.82 Å². The lowest BCUT2D eigenvalue weighted by atomic mass is 10.3. The zero-order chi connectivity index (χ0) is 16.3. The van der Waals surface area contributed by atoms with Gasteiger partial charge in [-0.2, -0.15) is 4.31 Å². The molecule has 10 heteroatoms. The van der Waals surface area contributed by atoms with Crippen molar-refractivity contribution < 1.29 is 26.3 Å². The lowest BCUT2D eigenvalue weighted by Gasteiger charge is -2.20. The highest BCUT2D eigenvalue weighted by Crippen LogP contribution is 2.23. The van der Waals surface area contributed by atoms with E-state index in [1.54, 1.807) is 0 Å². The van der Waals surface area contributed by atoms with Crippen molar-refractivity contribution >= 4 is 29.8 Å². The van der Waals surface area contributed by atoms with E-state index in [2.05, 4.69) is 6.58 Å². The van der Waals surface area contributed by atoms with Gasteiger partial charge in [0.25, 0.3) is 9.05 Å². The Balaban J connectivity index is 3.35. The highest BCUT2D eigenvalue weighted by Gasteiger charge is 2.27. The minimum absolute atomic E-state index is 0.127. The fourth-order valence-corrected chi connectivity index (χ4v) is 3.76. The summed E-state index contributed by atoms with van der Waals surface area (Å²) in [5, 5.41) is 8.86. The van der Waals surface area contributed by atoms with Gasteiger partial charge in [-0.1, -0.05) is 6.08 Å². The average molecular weight is 358 g/mol. The lowest BCUT2D eigenvalue weighted by Crippen LogP contribution is -2.34. The molecule has 1 aromatic rings. The van der Waals surface area contributed by atoms with Gasteiger partial charge < -0.3 is 5.11 Å². The Morgan fingerprint density at radius 3 is 2.38 bits per heavy atom. The number of benzene rings is 1. The van der Waals surface area contributed by atoms with Crippen LogP contribution in [0.15, 0.2) is 40.6 Å².